The summed E-state index contributed by atoms with van der Waals surface area (Å²) in [4.78, 5) is 0. The van der Waals surface area contributed by atoms with Crippen LogP contribution in [-0.4, -0.2) is 52.9 Å². The highest BCUT2D eigenvalue weighted by atomic mass is 32.2. The van der Waals surface area contributed by atoms with Crippen LogP contribution in [0.25, 0.3) is 0 Å². The summed E-state index contributed by atoms with van der Waals surface area (Å²) in [6.45, 7) is 5.74. The van der Waals surface area contributed by atoms with E-state index in [4.69, 9.17) is 23.7 Å². The van der Waals surface area contributed by atoms with Crippen LogP contribution in [0.5, 0.6) is 0 Å². The average molecular weight is 433 g/mol. The highest BCUT2D eigenvalue weighted by Crippen LogP contribution is 2.25. The molecule has 0 amide bonds. The first kappa shape index (κ1) is 23.3. The minimum absolute atomic E-state index is 0.570. The minimum atomic E-state index is 0.570. The molecule has 0 saturated heterocycles. The van der Waals surface area contributed by atoms with Gasteiger partial charge in [0.05, 0.1) is 66.1 Å². The molecule has 0 unspecified atom stereocenters. The van der Waals surface area contributed by atoms with Gasteiger partial charge in [0, 0.05) is 11.5 Å². The number of rotatable bonds is 4. The summed E-state index contributed by atoms with van der Waals surface area (Å²) in [5.41, 5.74) is 5.10. The molecule has 6 heteroatoms. The summed E-state index contributed by atoms with van der Waals surface area (Å²) in [6.07, 6.45) is 0. The Labute approximate surface area is 184 Å². The topological polar surface area (TPSA) is 46.2 Å². The number of hydrogen-bond donors (Lipinski definition) is 0. The van der Waals surface area contributed by atoms with E-state index in [1.165, 1.54) is 22.3 Å². The molecule has 0 aromatic heterocycles. The second-order valence-electron chi connectivity index (χ2n) is 6.98. The molecule has 0 fully saturated rings. The van der Waals surface area contributed by atoms with Gasteiger partial charge in [0.15, 0.2) is 0 Å². The van der Waals surface area contributed by atoms with Crippen molar-refractivity contribution in [2.24, 2.45) is 0 Å². The largest absolute Gasteiger partial charge is 0.377 e. The van der Waals surface area contributed by atoms with Crippen molar-refractivity contribution in [2.75, 3.05) is 52.9 Å². The summed E-state index contributed by atoms with van der Waals surface area (Å²) in [6, 6.07) is 17.0. The van der Waals surface area contributed by atoms with Gasteiger partial charge in [-0.15, -0.1) is 0 Å². The van der Waals surface area contributed by atoms with Gasteiger partial charge in [-0.1, -0.05) is 48.5 Å². The molecule has 0 spiro atoms. The summed E-state index contributed by atoms with van der Waals surface area (Å²) < 4.78 is 28.4. The van der Waals surface area contributed by atoms with Crippen molar-refractivity contribution < 1.29 is 23.7 Å². The van der Waals surface area contributed by atoms with Crippen LogP contribution in [-0.2, 0) is 48.4 Å². The fourth-order valence-electron chi connectivity index (χ4n) is 3.13. The van der Waals surface area contributed by atoms with Gasteiger partial charge in [-0.25, -0.2) is 0 Å². The Balaban J connectivity index is 1.61. The lowest BCUT2D eigenvalue weighted by Crippen LogP contribution is -2.14. The maximum Gasteiger partial charge on any atom is 0.0721 e. The van der Waals surface area contributed by atoms with E-state index in [1.54, 1.807) is 0 Å². The Bertz CT molecular complexity index is 676. The molecule has 30 heavy (non-hydrogen) atoms. The molecule has 0 N–H and O–H groups in total. The van der Waals surface area contributed by atoms with Gasteiger partial charge in [-0.2, -0.15) is 11.8 Å². The zero-order valence-corrected chi connectivity index (χ0v) is 18.4. The number of benzene rings is 2. The molecule has 0 saturated carbocycles. The number of ether oxygens (including phenoxy) is 5. The van der Waals surface area contributed by atoms with Crippen molar-refractivity contribution in [2.45, 2.75) is 24.7 Å². The quantitative estimate of drug-likeness (QED) is 0.721. The van der Waals surface area contributed by atoms with Crippen LogP contribution >= 0.6 is 11.8 Å². The van der Waals surface area contributed by atoms with Crippen LogP contribution in [0.3, 0.4) is 0 Å². The number of hydrogen-bond acceptors (Lipinski definition) is 6. The van der Waals surface area contributed by atoms with E-state index in [-0.39, 0.29) is 0 Å². The van der Waals surface area contributed by atoms with E-state index in [0.29, 0.717) is 66.1 Å². The van der Waals surface area contributed by atoms with Crippen LogP contribution in [0.2, 0.25) is 0 Å². The van der Waals surface area contributed by atoms with Crippen LogP contribution in [0.15, 0.2) is 48.5 Å². The molecule has 0 radical (unpaired) electrons. The van der Waals surface area contributed by atoms with Gasteiger partial charge < -0.3 is 23.7 Å². The molecule has 1 aliphatic heterocycles. The smallest absolute Gasteiger partial charge is 0.0721 e. The summed E-state index contributed by atoms with van der Waals surface area (Å²) in [5.74, 6) is 1.91. The number of thioether (sulfide) groups is 1. The molecule has 2 bridgehead atoms. The molecule has 2 aromatic rings. The molecule has 1 aliphatic rings. The van der Waals surface area contributed by atoms with Crippen molar-refractivity contribution >= 4 is 11.8 Å². The molecule has 0 aliphatic carbocycles. The van der Waals surface area contributed by atoms with Crippen molar-refractivity contribution in [1.29, 1.82) is 0 Å². The van der Waals surface area contributed by atoms with E-state index in [1.807, 2.05) is 11.8 Å². The predicted molar refractivity (Wildman–Crippen MR) is 120 cm³/mol. The maximum atomic E-state index is 5.89. The fraction of sp³-hybridized carbons (Fsp3) is 0.500. The van der Waals surface area contributed by atoms with Crippen LogP contribution in [0.1, 0.15) is 22.3 Å². The van der Waals surface area contributed by atoms with Crippen LogP contribution in [0, 0.1) is 0 Å². The third-order valence-electron chi connectivity index (χ3n) is 4.73. The monoisotopic (exact) mass is 432 g/mol. The van der Waals surface area contributed by atoms with E-state index in [9.17, 15) is 0 Å². The first-order chi connectivity index (χ1) is 14.9. The minimum Gasteiger partial charge on any atom is -0.377 e. The highest BCUT2D eigenvalue weighted by molar-refractivity contribution is 7.97. The lowest BCUT2D eigenvalue weighted by Gasteiger charge is -2.16. The van der Waals surface area contributed by atoms with E-state index in [0.717, 1.165) is 11.5 Å². The Morgan fingerprint density at radius 1 is 0.533 bits per heavy atom. The molecule has 1 heterocycles. The predicted octanol–water partition coefficient (Wildman–Crippen LogP) is 4.22. The fourth-order valence-corrected chi connectivity index (χ4v) is 4.24. The van der Waals surface area contributed by atoms with E-state index >= 15 is 0 Å². The number of fused-ring (bicyclic) bond motifs is 2. The van der Waals surface area contributed by atoms with Crippen molar-refractivity contribution in [1.82, 2.24) is 0 Å². The Morgan fingerprint density at radius 2 is 1.03 bits per heavy atom. The third-order valence-corrected chi connectivity index (χ3v) is 5.76. The van der Waals surface area contributed by atoms with Gasteiger partial charge in [-0.05, 0) is 22.3 Å². The Kier molecular flexibility index (Phi) is 11.3. The van der Waals surface area contributed by atoms with Gasteiger partial charge >= 0.3 is 0 Å². The second-order valence-corrected chi connectivity index (χ2v) is 7.96. The molecule has 164 valence electrons. The zero-order chi connectivity index (χ0) is 20.7. The standard InChI is InChI=1S/C24H32O5S/c1-2-5-21(6-3-1)19-30-20-24-22-7-4-8-23(24)18-29-16-14-27-12-10-25-9-11-26-13-15-28-17-22/h1-8H,9-20H2. The van der Waals surface area contributed by atoms with Gasteiger partial charge in [0.25, 0.3) is 0 Å². The second kappa shape index (κ2) is 14.6. The highest BCUT2D eigenvalue weighted by Gasteiger charge is 2.10. The van der Waals surface area contributed by atoms with Crippen LogP contribution < -0.4 is 0 Å². The van der Waals surface area contributed by atoms with Gasteiger partial charge in [0.2, 0.25) is 0 Å². The van der Waals surface area contributed by atoms with Crippen molar-refractivity contribution in [3.8, 4) is 0 Å². The first-order valence-corrected chi connectivity index (χ1v) is 11.7. The first-order valence-electron chi connectivity index (χ1n) is 10.5. The lowest BCUT2D eigenvalue weighted by molar-refractivity contribution is -0.0145. The summed E-state index contributed by atoms with van der Waals surface area (Å²) in [7, 11) is 0. The molecule has 2 aromatic carbocycles. The van der Waals surface area contributed by atoms with Gasteiger partial charge in [-0.3, -0.25) is 0 Å². The third kappa shape index (κ3) is 8.76. The average Bonchev–Trinajstić information content (AvgIpc) is 2.77. The van der Waals surface area contributed by atoms with Gasteiger partial charge in [0.1, 0.15) is 0 Å². The molecular formula is C24H32O5S. The van der Waals surface area contributed by atoms with Crippen molar-refractivity contribution in [3.63, 3.8) is 0 Å². The maximum absolute atomic E-state index is 5.89. The Hall–Kier alpha value is -1.41. The molecular weight excluding hydrogens is 400 g/mol. The van der Waals surface area contributed by atoms with Crippen LogP contribution in [0.4, 0.5) is 0 Å². The molecule has 3 rings (SSSR count). The normalized spacial score (nSPS) is 17.7. The zero-order valence-electron chi connectivity index (χ0n) is 17.6. The SMILES string of the molecule is c1ccc(CSCc2c3cccc2COCCOCCOCCOCCOC3)cc1. The van der Waals surface area contributed by atoms with Crippen molar-refractivity contribution in [3.05, 3.63) is 70.8 Å². The molecule has 5 nitrogen and oxygen atoms in total. The summed E-state index contributed by atoms with van der Waals surface area (Å²) in [5, 5.41) is 0. The summed E-state index contributed by atoms with van der Waals surface area (Å²) >= 11 is 1.92. The van der Waals surface area contributed by atoms with E-state index in [2.05, 4.69) is 48.5 Å². The van der Waals surface area contributed by atoms with E-state index < -0.39 is 0 Å². The lowest BCUT2D eigenvalue weighted by atomic mass is 10.0. The molecule has 0 atom stereocenters. The Morgan fingerprint density at radius 3 is 1.57 bits per heavy atom.